The zero-order chi connectivity index (χ0) is 14.2. The monoisotopic (exact) mass is 385 g/mol. The third kappa shape index (κ3) is 3.07. The average Bonchev–Trinajstić information content (AvgIpc) is 2.26. The molecule has 0 fully saturated rings. The van der Waals surface area contributed by atoms with E-state index >= 15 is 0 Å². The van der Waals surface area contributed by atoms with Gasteiger partial charge < -0.3 is 5.73 Å². The first-order chi connectivity index (χ1) is 8.90. The second-order valence-corrected chi connectivity index (χ2v) is 6.39. The van der Waals surface area contributed by atoms with Gasteiger partial charge >= 0.3 is 0 Å². The van der Waals surface area contributed by atoms with Crippen LogP contribution in [0.5, 0.6) is 0 Å². The van der Waals surface area contributed by atoms with Crippen LogP contribution in [0, 0.1) is 19.7 Å². The Labute approximate surface area is 129 Å². The van der Waals surface area contributed by atoms with Gasteiger partial charge in [-0.25, -0.2) is 4.39 Å². The normalized spacial score (nSPS) is 12.5. The Balaban J connectivity index is 2.53. The minimum Gasteiger partial charge on any atom is -0.320 e. The highest BCUT2D eigenvalue weighted by Crippen LogP contribution is 2.32. The van der Waals surface area contributed by atoms with Crippen LogP contribution in [0.2, 0.25) is 0 Å². The summed E-state index contributed by atoms with van der Waals surface area (Å²) in [6, 6.07) is 8.71. The fourth-order valence-corrected chi connectivity index (χ4v) is 3.52. The van der Waals surface area contributed by atoms with Crippen LogP contribution in [0.4, 0.5) is 4.39 Å². The van der Waals surface area contributed by atoms with Crippen LogP contribution in [0.1, 0.15) is 28.3 Å². The summed E-state index contributed by atoms with van der Waals surface area (Å²) in [7, 11) is 0. The molecule has 2 rings (SSSR count). The van der Waals surface area contributed by atoms with Crippen LogP contribution in [0.3, 0.4) is 0 Å². The van der Waals surface area contributed by atoms with Gasteiger partial charge in [-0.15, -0.1) is 0 Å². The summed E-state index contributed by atoms with van der Waals surface area (Å²) in [6.45, 7) is 3.76. The van der Waals surface area contributed by atoms with Gasteiger partial charge in [0.25, 0.3) is 0 Å². The molecule has 2 N–H and O–H groups in total. The first kappa shape index (κ1) is 14.7. The molecule has 100 valence electrons. The van der Waals surface area contributed by atoms with E-state index in [1.165, 1.54) is 6.07 Å². The quantitative estimate of drug-likeness (QED) is 0.770. The number of halogens is 3. The number of nitrogens with two attached hydrogens (primary N) is 1. The van der Waals surface area contributed by atoms with E-state index < -0.39 is 6.04 Å². The standard InChI is InChI=1S/C15H14Br2FN/c1-8-5-9(2)14(13(18)6-8)15(19)11-4-3-10(16)7-12(11)17/h3-7,15H,19H2,1-2H3. The Hall–Kier alpha value is -0.710. The molecule has 2 aromatic rings. The molecule has 0 aromatic heterocycles. The van der Waals surface area contributed by atoms with Crippen LogP contribution in [-0.4, -0.2) is 0 Å². The lowest BCUT2D eigenvalue weighted by atomic mass is 9.94. The lowest BCUT2D eigenvalue weighted by Gasteiger charge is -2.18. The maximum Gasteiger partial charge on any atom is 0.128 e. The van der Waals surface area contributed by atoms with Crippen molar-refractivity contribution in [3.63, 3.8) is 0 Å². The van der Waals surface area contributed by atoms with Crippen molar-refractivity contribution < 1.29 is 4.39 Å². The van der Waals surface area contributed by atoms with E-state index in [9.17, 15) is 4.39 Å². The van der Waals surface area contributed by atoms with Crippen LogP contribution in [-0.2, 0) is 0 Å². The van der Waals surface area contributed by atoms with E-state index in [1.54, 1.807) is 0 Å². The maximum absolute atomic E-state index is 14.2. The molecule has 0 bridgehead atoms. The molecule has 0 aliphatic carbocycles. The molecule has 0 aliphatic rings. The molecule has 0 saturated heterocycles. The van der Waals surface area contributed by atoms with Crippen LogP contribution in [0.15, 0.2) is 39.3 Å². The zero-order valence-electron chi connectivity index (χ0n) is 10.7. The number of hydrogen-bond acceptors (Lipinski definition) is 1. The molecule has 1 unspecified atom stereocenters. The van der Waals surface area contributed by atoms with E-state index in [-0.39, 0.29) is 5.82 Å². The number of rotatable bonds is 2. The smallest absolute Gasteiger partial charge is 0.128 e. The lowest BCUT2D eigenvalue weighted by molar-refractivity contribution is 0.595. The van der Waals surface area contributed by atoms with Gasteiger partial charge in [0.05, 0.1) is 6.04 Å². The van der Waals surface area contributed by atoms with Crippen molar-refractivity contribution in [1.82, 2.24) is 0 Å². The fourth-order valence-electron chi connectivity index (χ4n) is 2.23. The third-order valence-corrected chi connectivity index (χ3v) is 4.27. The molecule has 19 heavy (non-hydrogen) atoms. The van der Waals surface area contributed by atoms with Crippen molar-refractivity contribution in [2.75, 3.05) is 0 Å². The Morgan fingerprint density at radius 2 is 1.79 bits per heavy atom. The van der Waals surface area contributed by atoms with Gasteiger partial charge in [-0.2, -0.15) is 0 Å². The van der Waals surface area contributed by atoms with Crippen LogP contribution in [0.25, 0.3) is 0 Å². The predicted molar refractivity (Wildman–Crippen MR) is 83.7 cm³/mol. The minimum atomic E-state index is -0.483. The van der Waals surface area contributed by atoms with Gasteiger partial charge in [-0.05, 0) is 48.7 Å². The molecule has 1 atom stereocenters. The van der Waals surface area contributed by atoms with E-state index in [4.69, 9.17) is 5.73 Å². The highest BCUT2D eigenvalue weighted by molar-refractivity contribution is 9.11. The molecule has 0 radical (unpaired) electrons. The maximum atomic E-state index is 14.2. The van der Waals surface area contributed by atoms with Crippen molar-refractivity contribution >= 4 is 31.9 Å². The van der Waals surface area contributed by atoms with Gasteiger partial charge in [-0.1, -0.05) is 44.0 Å². The first-order valence-electron chi connectivity index (χ1n) is 5.87. The zero-order valence-corrected chi connectivity index (χ0v) is 13.8. The van der Waals surface area contributed by atoms with Gasteiger partial charge in [0, 0.05) is 14.5 Å². The van der Waals surface area contributed by atoms with Gasteiger partial charge in [0.15, 0.2) is 0 Å². The molecule has 0 heterocycles. The van der Waals surface area contributed by atoms with Crippen molar-refractivity contribution in [1.29, 1.82) is 0 Å². The number of aryl methyl sites for hydroxylation is 2. The summed E-state index contributed by atoms with van der Waals surface area (Å²) in [5.41, 5.74) is 9.43. The molecule has 0 saturated carbocycles. The van der Waals surface area contributed by atoms with Gasteiger partial charge in [0.2, 0.25) is 0 Å². The topological polar surface area (TPSA) is 26.0 Å². The summed E-state index contributed by atoms with van der Waals surface area (Å²) in [4.78, 5) is 0. The third-order valence-electron chi connectivity index (χ3n) is 3.09. The van der Waals surface area contributed by atoms with E-state index in [2.05, 4.69) is 31.9 Å². The van der Waals surface area contributed by atoms with E-state index in [0.29, 0.717) is 5.56 Å². The van der Waals surface area contributed by atoms with Gasteiger partial charge in [0.1, 0.15) is 5.82 Å². The van der Waals surface area contributed by atoms with Crippen LogP contribution < -0.4 is 5.73 Å². The Morgan fingerprint density at radius 3 is 2.37 bits per heavy atom. The van der Waals surface area contributed by atoms with Crippen molar-refractivity contribution in [3.8, 4) is 0 Å². The molecular formula is C15H14Br2FN. The summed E-state index contributed by atoms with van der Waals surface area (Å²) >= 11 is 6.87. The molecule has 1 nitrogen and oxygen atoms in total. The molecule has 0 spiro atoms. The van der Waals surface area contributed by atoms with E-state index in [1.807, 2.05) is 38.1 Å². The summed E-state index contributed by atoms with van der Waals surface area (Å²) in [6.07, 6.45) is 0. The SMILES string of the molecule is Cc1cc(C)c(C(N)c2ccc(Br)cc2Br)c(F)c1. The molecule has 2 aromatic carbocycles. The first-order valence-corrected chi connectivity index (χ1v) is 7.46. The van der Waals surface area contributed by atoms with Gasteiger partial charge in [-0.3, -0.25) is 0 Å². The number of benzene rings is 2. The second kappa shape index (κ2) is 5.73. The average molecular weight is 387 g/mol. The fraction of sp³-hybridized carbons (Fsp3) is 0.200. The Morgan fingerprint density at radius 1 is 1.11 bits per heavy atom. The lowest BCUT2D eigenvalue weighted by Crippen LogP contribution is -2.16. The van der Waals surface area contributed by atoms with Crippen molar-refractivity contribution in [2.24, 2.45) is 5.73 Å². The van der Waals surface area contributed by atoms with Crippen molar-refractivity contribution in [3.05, 3.63) is 67.3 Å². The summed E-state index contributed by atoms with van der Waals surface area (Å²) in [5.74, 6) is -0.250. The summed E-state index contributed by atoms with van der Waals surface area (Å²) < 4.78 is 16.0. The predicted octanol–water partition coefficient (Wildman–Crippen LogP) is 5.02. The van der Waals surface area contributed by atoms with Crippen molar-refractivity contribution in [2.45, 2.75) is 19.9 Å². The number of hydrogen-bond donors (Lipinski definition) is 1. The molecule has 0 aliphatic heterocycles. The minimum absolute atomic E-state index is 0.250. The molecule has 4 heteroatoms. The summed E-state index contributed by atoms with van der Waals surface area (Å²) in [5, 5.41) is 0. The highest BCUT2D eigenvalue weighted by atomic mass is 79.9. The van der Waals surface area contributed by atoms with E-state index in [0.717, 1.165) is 25.6 Å². The van der Waals surface area contributed by atoms with Crippen LogP contribution >= 0.6 is 31.9 Å². The highest BCUT2D eigenvalue weighted by Gasteiger charge is 2.18. The molecule has 0 amide bonds. The Kier molecular flexibility index (Phi) is 4.43. The molecular weight excluding hydrogens is 373 g/mol. The largest absolute Gasteiger partial charge is 0.320 e. The Bertz CT molecular complexity index is 603. The second-order valence-electron chi connectivity index (χ2n) is 4.62.